The Morgan fingerprint density at radius 2 is 1.89 bits per heavy atom. The molecule has 4 rings (SSSR count). The molecule has 1 unspecified atom stereocenters. The molecule has 38 heavy (non-hydrogen) atoms. The molecule has 0 saturated carbocycles. The van der Waals surface area contributed by atoms with Crippen LogP contribution in [0.4, 0.5) is 13.2 Å². The van der Waals surface area contributed by atoms with Gasteiger partial charge in [-0.2, -0.15) is 13.2 Å². The Hall–Kier alpha value is -4.39. The number of halogens is 3. The minimum Gasteiger partial charge on any atom is -0.497 e. The molecule has 1 aliphatic heterocycles. The molecule has 0 aliphatic carbocycles. The molecule has 1 saturated heterocycles. The fourth-order valence-electron chi connectivity index (χ4n) is 3.76. The Bertz CT molecular complexity index is 1350. The van der Waals surface area contributed by atoms with Crippen molar-refractivity contribution in [3.8, 4) is 17.2 Å². The molecule has 1 atom stereocenters. The number of aromatic amines is 1. The predicted octanol–water partition coefficient (Wildman–Crippen LogP) is 2.79. The summed E-state index contributed by atoms with van der Waals surface area (Å²) in [7, 11) is 1.27. The van der Waals surface area contributed by atoms with E-state index in [4.69, 9.17) is 14.2 Å². The summed E-state index contributed by atoms with van der Waals surface area (Å²) in [5.74, 6) is -1.25. The van der Waals surface area contributed by atoms with Gasteiger partial charge in [-0.3, -0.25) is 9.59 Å². The number of carbonyl (C=O) groups is 2. The molecule has 1 aromatic heterocycles. The van der Waals surface area contributed by atoms with Gasteiger partial charge in [-0.05, 0) is 35.9 Å². The van der Waals surface area contributed by atoms with Crippen molar-refractivity contribution >= 4 is 11.8 Å². The van der Waals surface area contributed by atoms with Crippen LogP contribution in [0.5, 0.6) is 17.2 Å². The number of hydrogen-bond acceptors (Lipinski definition) is 7. The van der Waals surface area contributed by atoms with Gasteiger partial charge >= 0.3 is 11.9 Å². The van der Waals surface area contributed by atoms with Crippen LogP contribution >= 0.6 is 0 Å². The van der Waals surface area contributed by atoms with Crippen LogP contribution in [0.15, 0.2) is 59.7 Å². The maximum Gasteiger partial charge on any atom is 0.420 e. The summed E-state index contributed by atoms with van der Waals surface area (Å²) in [4.78, 5) is 42.6. The van der Waals surface area contributed by atoms with Gasteiger partial charge in [0.2, 0.25) is 5.91 Å². The van der Waals surface area contributed by atoms with Crippen LogP contribution in [0, 0.1) is 0 Å². The Morgan fingerprint density at radius 1 is 1.16 bits per heavy atom. The van der Waals surface area contributed by atoms with Crippen LogP contribution in [-0.4, -0.2) is 47.6 Å². The van der Waals surface area contributed by atoms with E-state index >= 15 is 0 Å². The van der Waals surface area contributed by atoms with E-state index in [1.54, 1.807) is 12.1 Å². The third kappa shape index (κ3) is 6.11. The molecule has 1 aliphatic rings. The number of nitrogens with one attached hydrogen (secondary N) is 3. The molecular formula is C25H23F3N4O6. The molecule has 0 bridgehead atoms. The molecule has 0 spiro atoms. The average Bonchev–Trinajstić information content (AvgIpc) is 3.37. The summed E-state index contributed by atoms with van der Waals surface area (Å²) < 4.78 is 56.0. The fourth-order valence-corrected chi connectivity index (χ4v) is 3.76. The van der Waals surface area contributed by atoms with Crippen LogP contribution in [0.3, 0.4) is 0 Å². The number of amides is 2. The first-order valence-corrected chi connectivity index (χ1v) is 11.3. The van der Waals surface area contributed by atoms with Crippen molar-refractivity contribution in [2.45, 2.75) is 24.7 Å². The van der Waals surface area contributed by atoms with Gasteiger partial charge in [0.05, 0.1) is 19.3 Å². The Kier molecular flexibility index (Phi) is 7.67. The summed E-state index contributed by atoms with van der Waals surface area (Å²) >= 11 is 0. The summed E-state index contributed by atoms with van der Waals surface area (Å²) in [5.41, 5.74) is -2.19. The van der Waals surface area contributed by atoms with Crippen LogP contribution in [0.2, 0.25) is 0 Å². The molecule has 2 heterocycles. The molecule has 13 heteroatoms. The zero-order chi connectivity index (χ0) is 27.3. The zero-order valence-electron chi connectivity index (χ0n) is 20.1. The standard InChI is InChI=1S/C25H23F3N4O6/c1-36-18-6-7-20(19(10-18)25(26,27)28)38-17-4-2-15(3-5-17)11-29-22(34)24(8-9-37-14-24)32-21(33)16-12-30-23(35)31-13-16/h2-7,10,12-13H,8-9,11,14H2,1H3,(H,29,34)(H,32,33)(H,30,31,35). The van der Waals surface area contributed by atoms with Gasteiger partial charge in [-0.15, -0.1) is 0 Å². The summed E-state index contributed by atoms with van der Waals surface area (Å²) in [6.45, 7) is 0.291. The lowest BCUT2D eigenvalue weighted by atomic mass is 9.96. The van der Waals surface area contributed by atoms with Crippen molar-refractivity contribution < 1.29 is 37.0 Å². The number of carbonyl (C=O) groups excluding carboxylic acids is 2. The molecule has 10 nitrogen and oxygen atoms in total. The van der Waals surface area contributed by atoms with Crippen LogP contribution in [0.25, 0.3) is 0 Å². The largest absolute Gasteiger partial charge is 0.497 e. The first-order chi connectivity index (χ1) is 18.1. The smallest absolute Gasteiger partial charge is 0.420 e. The second-order valence-electron chi connectivity index (χ2n) is 8.43. The van der Waals surface area contributed by atoms with Gasteiger partial charge in [0.15, 0.2) is 0 Å². The SMILES string of the molecule is COc1ccc(Oc2ccc(CNC(=O)C3(NC(=O)c4cnc(=O)[nH]c4)CCOC3)cc2)c(C(F)(F)F)c1. The Labute approximate surface area is 214 Å². The highest BCUT2D eigenvalue weighted by molar-refractivity contribution is 5.99. The minimum atomic E-state index is -4.64. The molecule has 3 N–H and O–H groups in total. The lowest BCUT2D eigenvalue weighted by Gasteiger charge is -2.27. The normalized spacial score (nSPS) is 17.1. The highest BCUT2D eigenvalue weighted by Crippen LogP contribution is 2.40. The number of methoxy groups -OCH3 is 1. The molecule has 2 amide bonds. The van der Waals surface area contributed by atoms with Crippen LogP contribution < -0.4 is 25.8 Å². The number of H-pyrrole nitrogens is 1. The van der Waals surface area contributed by atoms with Crippen molar-refractivity contribution in [2.24, 2.45) is 0 Å². The van der Waals surface area contributed by atoms with Crippen LogP contribution in [0.1, 0.15) is 27.9 Å². The quantitative estimate of drug-likeness (QED) is 0.407. The number of nitrogens with zero attached hydrogens (tertiary/aromatic N) is 1. The lowest BCUT2D eigenvalue weighted by molar-refractivity contribution is -0.138. The third-order valence-electron chi connectivity index (χ3n) is 5.84. The summed E-state index contributed by atoms with van der Waals surface area (Å²) in [6, 6.07) is 9.54. The van der Waals surface area contributed by atoms with Gasteiger partial charge in [-0.25, -0.2) is 9.78 Å². The molecule has 1 fully saturated rings. The molecular weight excluding hydrogens is 509 g/mol. The Balaban J connectivity index is 1.40. The molecule has 3 aromatic rings. The van der Waals surface area contributed by atoms with E-state index in [-0.39, 0.29) is 49.0 Å². The second-order valence-corrected chi connectivity index (χ2v) is 8.43. The second kappa shape index (κ2) is 10.9. The van der Waals surface area contributed by atoms with E-state index < -0.39 is 34.8 Å². The van der Waals surface area contributed by atoms with E-state index in [1.807, 2.05) is 0 Å². The van der Waals surface area contributed by atoms with Crippen molar-refractivity contribution in [1.82, 2.24) is 20.6 Å². The maximum atomic E-state index is 13.4. The fraction of sp³-hybridized carbons (Fsp3) is 0.280. The zero-order valence-corrected chi connectivity index (χ0v) is 20.1. The number of aromatic nitrogens is 2. The van der Waals surface area contributed by atoms with Crippen molar-refractivity contribution in [2.75, 3.05) is 20.3 Å². The Morgan fingerprint density at radius 3 is 2.50 bits per heavy atom. The van der Waals surface area contributed by atoms with E-state index in [0.717, 1.165) is 12.3 Å². The van der Waals surface area contributed by atoms with Gasteiger partial charge < -0.3 is 29.8 Å². The minimum absolute atomic E-state index is 0.0441. The summed E-state index contributed by atoms with van der Waals surface area (Å²) in [5, 5.41) is 5.42. The first-order valence-electron chi connectivity index (χ1n) is 11.3. The summed E-state index contributed by atoms with van der Waals surface area (Å²) in [6.07, 6.45) is -2.11. The number of benzene rings is 2. The number of hydrogen-bond donors (Lipinski definition) is 3. The number of alkyl halides is 3. The average molecular weight is 532 g/mol. The number of rotatable bonds is 8. The van der Waals surface area contributed by atoms with Crippen molar-refractivity contribution in [3.05, 3.63) is 82.0 Å². The molecule has 200 valence electrons. The highest BCUT2D eigenvalue weighted by atomic mass is 19.4. The monoisotopic (exact) mass is 532 g/mol. The van der Waals surface area contributed by atoms with Gasteiger partial charge in [-0.1, -0.05) is 12.1 Å². The lowest BCUT2D eigenvalue weighted by Crippen LogP contribution is -2.59. The third-order valence-corrected chi connectivity index (χ3v) is 5.84. The molecule has 0 radical (unpaired) electrons. The van der Waals surface area contributed by atoms with E-state index in [9.17, 15) is 27.6 Å². The van der Waals surface area contributed by atoms with Gasteiger partial charge in [0.1, 0.15) is 28.4 Å². The first kappa shape index (κ1) is 26.7. The van der Waals surface area contributed by atoms with Crippen molar-refractivity contribution in [1.29, 1.82) is 0 Å². The highest BCUT2D eigenvalue weighted by Gasteiger charge is 2.43. The van der Waals surface area contributed by atoms with E-state index in [2.05, 4.69) is 20.6 Å². The van der Waals surface area contributed by atoms with Crippen molar-refractivity contribution in [3.63, 3.8) is 0 Å². The van der Waals surface area contributed by atoms with Gasteiger partial charge in [0.25, 0.3) is 5.91 Å². The van der Waals surface area contributed by atoms with E-state index in [1.165, 1.54) is 37.6 Å². The maximum absolute atomic E-state index is 13.4. The molecule has 2 aromatic carbocycles. The van der Waals surface area contributed by atoms with E-state index in [0.29, 0.717) is 5.56 Å². The topological polar surface area (TPSA) is 132 Å². The number of ether oxygens (including phenoxy) is 3. The predicted molar refractivity (Wildman–Crippen MR) is 127 cm³/mol. The van der Waals surface area contributed by atoms with Crippen LogP contribution in [-0.2, 0) is 22.3 Å². The van der Waals surface area contributed by atoms with Gasteiger partial charge in [0, 0.05) is 32.0 Å².